The maximum atomic E-state index is 13.2. The fraction of sp³-hybridized carbons (Fsp3) is 0.677. The van der Waals surface area contributed by atoms with E-state index in [0.29, 0.717) is 17.2 Å². The molecule has 2 atom stereocenters. The van der Waals surface area contributed by atoms with Gasteiger partial charge in [-0.2, -0.15) is 0 Å². The first-order chi connectivity index (χ1) is 19.9. The number of hydrogen-bond donors (Lipinski definition) is 1. The summed E-state index contributed by atoms with van der Waals surface area (Å²) in [6.45, 7) is 15.3. The molecule has 1 aliphatic carbocycles. The fourth-order valence-corrected chi connectivity index (χ4v) is 7.29. The first-order valence-electron chi connectivity index (χ1n) is 15.6. The highest BCUT2D eigenvalue weighted by Crippen LogP contribution is 2.32. The van der Waals surface area contributed by atoms with E-state index in [4.69, 9.17) is 0 Å². The van der Waals surface area contributed by atoms with Crippen molar-refractivity contribution in [1.82, 2.24) is 24.9 Å². The largest absolute Gasteiger partial charge is 0.369 e. The zero-order valence-electron chi connectivity index (χ0n) is 24.4. The van der Waals surface area contributed by atoms with Crippen molar-refractivity contribution in [2.45, 2.75) is 51.1 Å². The lowest BCUT2D eigenvalue weighted by atomic mass is 9.92. The standard InChI is InChI=1S/C31H44N6O4/c1-22-20-32-8-11-35(22)15-12-33-9-6-23(7-10-33)21-34-13-16-36(17-14-34)24-2-4-26-27(18-24)31(41)37(30(26)40)28-5-3-25(38)19-29(28)39/h2,4,18,22-23,28,32H,3,5-17,19-21H2,1H3/t22-,28?/m0/s1. The van der Waals surface area contributed by atoms with Crippen LogP contribution in [0.15, 0.2) is 18.2 Å². The summed E-state index contributed by atoms with van der Waals surface area (Å²) in [7, 11) is 0. The van der Waals surface area contributed by atoms with Gasteiger partial charge in [0.25, 0.3) is 11.8 Å². The topological polar surface area (TPSA) is 96.5 Å². The van der Waals surface area contributed by atoms with Gasteiger partial charge >= 0.3 is 0 Å². The van der Waals surface area contributed by atoms with E-state index in [0.717, 1.165) is 68.9 Å². The van der Waals surface area contributed by atoms with Crippen LogP contribution in [-0.4, -0.2) is 134 Å². The van der Waals surface area contributed by atoms with E-state index in [2.05, 4.69) is 31.8 Å². The third kappa shape index (κ3) is 6.11. The van der Waals surface area contributed by atoms with Gasteiger partial charge in [0.2, 0.25) is 0 Å². The molecule has 4 fully saturated rings. The van der Waals surface area contributed by atoms with Crippen LogP contribution >= 0.6 is 0 Å². The molecule has 0 spiro atoms. The molecule has 1 saturated carbocycles. The minimum atomic E-state index is -0.824. The highest BCUT2D eigenvalue weighted by atomic mass is 16.2. The van der Waals surface area contributed by atoms with Crippen molar-refractivity contribution in [2.24, 2.45) is 5.92 Å². The Balaban J connectivity index is 0.967. The number of imide groups is 1. The van der Waals surface area contributed by atoms with Crippen molar-refractivity contribution in [3.63, 3.8) is 0 Å². The summed E-state index contributed by atoms with van der Waals surface area (Å²) in [5.74, 6) is -0.526. The lowest BCUT2D eigenvalue weighted by molar-refractivity contribution is -0.132. The summed E-state index contributed by atoms with van der Waals surface area (Å²) in [5.41, 5.74) is 1.68. The van der Waals surface area contributed by atoms with E-state index >= 15 is 0 Å². The second-order valence-electron chi connectivity index (χ2n) is 12.6. The van der Waals surface area contributed by atoms with Crippen LogP contribution in [0.1, 0.15) is 59.7 Å². The molecule has 0 bridgehead atoms. The summed E-state index contributed by atoms with van der Waals surface area (Å²) in [6.07, 6.45) is 2.81. The summed E-state index contributed by atoms with van der Waals surface area (Å²) in [6, 6.07) is 5.28. The minimum absolute atomic E-state index is 0.120. The molecule has 4 heterocycles. The first kappa shape index (κ1) is 28.5. The van der Waals surface area contributed by atoms with Crippen LogP contribution in [0, 0.1) is 5.92 Å². The Bertz CT molecular complexity index is 1170. The van der Waals surface area contributed by atoms with Crippen molar-refractivity contribution in [3.05, 3.63) is 29.3 Å². The number of likely N-dealkylation sites (tertiary alicyclic amines) is 1. The smallest absolute Gasteiger partial charge is 0.262 e. The highest BCUT2D eigenvalue weighted by Gasteiger charge is 2.44. The lowest BCUT2D eigenvalue weighted by Gasteiger charge is -2.40. The third-order valence-electron chi connectivity index (χ3n) is 9.96. The number of benzene rings is 1. The van der Waals surface area contributed by atoms with Gasteiger partial charge in [0.05, 0.1) is 23.6 Å². The Kier molecular flexibility index (Phi) is 8.53. The lowest BCUT2D eigenvalue weighted by Crippen LogP contribution is -2.52. The van der Waals surface area contributed by atoms with Crippen LogP contribution in [0.5, 0.6) is 0 Å². The van der Waals surface area contributed by atoms with Crippen LogP contribution < -0.4 is 10.2 Å². The number of amides is 2. The maximum absolute atomic E-state index is 13.2. The van der Waals surface area contributed by atoms with E-state index in [1.54, 1.807) is 6.07 Å². The van der Waals surface area contributed by atoms with Gasteiger partial charge in [-0.1, -0.05) is 0 Å². The van der Waals surface area contributed by atoms with Gasteiger partial charge < -0.3 is 15.1 Å². The van der Waals surface area contributed by atoms with Gasteiger partial charge in [0.1, 0.15) is 5.78 Å². The molecule has 10 heteroatoms. The molecule has 6 rings (SSSR count). The van der Waals surface area contributed by atoms with Crippen LogP contribution in [0.3, 0.4) is 0 Å². The van der Waals surface area contributed by atoms with Gasteiger partial charge in [-0.05, 0) is 63.4 Å². The van der Waals surface area contributed by atoms with Crippen molar-refractivity contribution >= 4 is 29.1 Å². The molecule has 1 aromatic rings. The Morgan fingerprint density at radius 1 is 0.829 bits per heavy atom. The Morgan fingerprint density at radius 3 is 2.32 bits per heavy atom. The number of carbonyl (C=O) groups excluding carboxylic acids is 4. The molecule has 4 aliphatic heterocycles. The van der Waals surface area contributed by atoms with Crippen molar-refractivity contribution in [3.8, 4) is 0 Å². The molecule has 41 heavy (non-hydrogen) atoms. The number of piperazine rings is 2. The normalized spacial score (nSPS) is 27.6. The van der Waals surface area contributed by atoms with E-state index in [9.17, 15) is 19.2 Å². The van der Waals surface area contributed by atoms with Gasteiger partial charge in [-0.3, -0.25) is 33.9 Å². The predicted molar refractivity (Wildman–Crippen MR) is 156 cm³/mol. The van der Waals surface area contributed by atoms with Crippen molar-refractivity contribution in [2.75, 3.05) is 83.4 Å². The molecule has 0 radical (unpaired) electrons. The van der Waals surface area contributed by atoms with Crippen LogP contribution in [0.2, 0.25) is 0 Å². The average Bonchev–Trinajstić information content (AvgIpc) is 3.22. The third-order valence-corrected chi connectivity index (χ3v) is 9.96. The summed E-state index contributed by atoms with van der Waals surface area (Å²) in [5, 5.41) is 3.48. The Hall–Kier alpha value is -2.66. The number of hydrogen-bond acceptors (Lipinski definition) is 9. The maximum Gasteiger partial charge on any atom is 0.262 e. The number of ketones is 2. The monoisotopic (exact) mass is 564 g/mol. The molecule has 1 unspecified atom stereocenters. The van der Waals surface area contributed by atoms with Gasteiger partial charge in [0, 0.05) is 83.6 Å². The van der Waals surface area contributed by atoms with Gasteiger partial charge in [-0.15, -0.1) is 0 Å². The first-order valence-corrected chi connectivity index (χ1v) is 15.6. The molecule has 10 nitrogen and oxygen atoms in total. The van der Waals surface area contributed by atoms with Crippen LogP contribution in [-0.2, 0) is 9.59 Å². The molecular formula is C31H44N6O4. The number of carbonyl (C=O) groups is 4. The van der Waals surface area contributed by atoms with E-state index in [1.165, 1.54) is 39.0 Å². The average molecular weight is 565 g/mol. The molecule has 0 aromatic heterocycles. The SMILES string of the molecule is C[C@H]1CNCCN1CCN1CCC(CN2CCN(c3ccc4c(c3)C(=O)N(C3CCC(=O)CC3=O)C4=O)CC2)CC1. The number of fused-ring (bicyclic) bond motifs is 1. The number of piperidine rings is 1. The fourth-order valence-electron chi connectivity index (χ4n) is 7.29. The quantitative estimate of drug-likeness (QED) is 0.386. The molecule has 5 aliphatic rings. The summed E-state index contributed by atoms with van der Waals surface area (Å²) < 4.78 is 0. The molecular weight excluding hydrogens is 520 g/mol. The summed E-state index contributed by atoms with van der Waals surface area (Å²) in [4.78, 5) is 61.6. The van der Waals surface area contributed by atoms with Gasteiger partial charge in [0.15, 0.2) is 5.78 Å². The van der Waals surface area contributed by atoms with E-state index in [1.807, 2.05) is 12.1 Å². The molecule has 222 valence electrons. The van der Waals surface area contributed by atoms with E-state index < -0.39 is 17.9 Å². The zero-order chi connectivity index (χ0) is 28.5. The highest BCUT2D eigenvalue weighted by molar-refractivity contribution is 6.24. The zero-order valence-corrected chi connectivity index (χ0v) is 24.4. The number of nitrogens with zero attached hydrogens (tertiary/aromatic N) is 5. The molecule has 1 aromatic carbocycles. The summed E-state index contributed by atoms with van der Waals surface area (Å²) >= 11 is 0. The van der Waals surface area contributed by atoms with Crippen molar-refractivity contribution < 1.29 is 19.2 Å². The number of nitrogens with one attached hydrogen (secondary N) is 1. The Labute approximate surface area is 243 Å². The second-order valence-corrected chi connectivity index (χ2v) is 12.6. The minimum Gasteiger partial charge on any atom is -0.369 e. The number of rotatable bonds is 7. The second kappa shape index (κ2) is 12.3. The van der Waals surface area contributed by atoms with Crippen LogP contribution in [0.4, 0.5) is 5.69 Å². The Morgan fingerprint density at radius 2 is 1.59 bits per heavy atom. The van der Waals surface area contributed by atoms with E-state index in [-0.39, 0.29) is 30.8 Å². The molecule has 1 N–H and O–H groups in total. The van der Waals surface area contributed by atoms with Crippen LogP contribution in [0.25, 0.3) is 0 Å². The molecule has 3 saturated heterocycles. The molecule has 2 amide bonds. The number of Topliss-reactive ketones (excluding diaryl/α,β-unsaturated/α-hetero) is 2. The van der Waals surface area contributed by atoms with Gasteiger partial charge in [-0.25, -0.2) is 0 Å². The number of anilines is 1. The predicted octanol–water partition coefficient (Wildman–Crippen LogP) is 1.10. The van der Waals surface area contributed by atoms with Crippen molar-refractivity contribution in [1.29, 1.82) is 0 Å².